The minimum absolute atomic E-state index is 0.0239. The van der Waals surface area contributed by atoms with Crippen LogP contribution in [0.1, 0.15) is 44.6 Å². The number of aliphatic carboxylic acids is 1. The second kappa shape index (κ2) is 5.87. The van der Waals surface area contributed by atoms with Crippen LogP contribution in [0.25, 0.3) is 0 Å². The number of hydrogen-bond donors (Lipinski definition) is 2. The molecular weight excluding hydrogens is 270 g/mol. The van der Waals surface area contributed by atoms with Gasteiger partial charge in [0, 0.05) is 24.4 Å². The summed E-state index contributed by atoms with van der Waals surface area (Å²) in [4.78, 5) is 27.4. The Hall–Kier alpha value is -1.85. The highest BCUT2D eigenvalue weighted by Gasteiger charge is 2.36. The molecule has 6 nitrogen and oxygen atoms in total. The molecule has 0 aliphatic heterocycles. The first-order valence-corrected chi connectivity index (χ1v) is 7.66. The summed E-state index contributed by atoms with van der Waals surface area (Å²) in [5.41, 5.74) is 0. The first kappa shape index (κ1) is 14.1. The molecule has 1 aromatic rings. The maximum atomic E-state index is 12.4. The molecule has 0 spiro atoms. The van der Waals surface area contributed by atoms with Crippen LogP contribution in [0.2, 0.25) is 0 Å². The van der Waals surface area contributed by atoms with Gasteiger partial charge >= 0.3 is 5.97 Å². The zero-order chi connectivity index (χ0) is 14.8. The Kier molecular flexibility index (Phi) is 3.94. The quantitative estimate of drug-likeness (QED) is 0.882. The summed E-state index contributed by atoms with van der Waals surface area (Å²) in [6, 6.07) is 0.406. The van der Waals surface area contributed by atoms with Gasteiger partial charge in [0.25, 0.3) is 0 Å². The molecule has 2 aliphatic carbocycles. The average molecular weight is 291 g/mol. The van der Waals surface area contributed by atoms with E-state index in [-0.39, 0.29) is 29.8 Å². The standard InChI is InChI=1S/C15H21N3O3/c19-14(10-4-5-11(8-10)15(20)21)17-12-2-1-3-13(12)18-7-6-16-9-18/h6-7,9-13H,1-5,8H2,(H,17,19)(H,20,21). The third-order valence-corrected chi connectivity index (χ3v) is 4.87. The lowest BCUT2D eigenvalue weighted by atomic mass is 10.0. The van der Waals surface area contributed by atoms with Gasteiger partial charge in [0.2, 0.25) is 5.91 Å². The number of rotatable bonds is 4. The lowest BCUT2D eigenvalue weighted by molar-refractivity contribution is -0.141. The molecule has 2 saturated carbocycles. The Bertz CT molecular complexity index is 514. The molecular formula is C15H21N3O3. The van der Waals surface area contributed by atoms with E-state index in [1.165, 1.54) is 0 Å². The van der Waals surface area contributed by atoms with Gasteiger partial charge in [0.15, 0.2) is 0 Å². The van der Waals surface area contributed by atoms with Gasteiger partial charge in [-0.15, -0.1) is 0 Å². The summed E-state index contributed by atoms with van der Waals surface area (Å²) in [5, 5.41) is 12.2. The zero-order valence-electron chi connectivity index (χ0n) is 11.9. The normalized spacial score (nSPS) is 32.2. The molecule has 21 heavy (non-hydrogen) atoms. The molecule has 1 aromatic heterocycles. The van der Waals surface area contributed by atoms with Crippen molar-refractivity contribution in [1.29, 1.82) is 0 Å². The lowest BCUT2D eigenvalue weighted by Crippen LogP contribution is -2.41. The molecule has 3 rings (SSSR count). The lowest BCUT2D eigenvalue weighted by Gasteiger charge is -2.23. The van der Waals surface area contributed by atoms with E-state index in [1.54, 1.807) is 12.5 Å². The van der Waals surface area contributed by atoms with E-state index >= 15 is 0 Å². The van der Waals surface area contributed by atoms with E-state index in [2.05, 4.69) is 14.9 Å². The molecule has 114 valence electrons. The highest BCUT2D eigenvalue weighted by Crippen LogP contribution is 2.33. The fourth-order valence-electron chi connectivity index (χ4n) is 3.68. The number of amides is 1. The summed E-state index contributed by atoms with van der Waals surface area (Å²) in [5.74, 6) is -1.25. The smallest absolute Gasteiger partial charge is 0.306 e. The summed E-state index contributed by atoms with van der Waals surface area (Å²) in [7, 11) is 0. The molecule has 0 saturated heterocycles. The second-order valence-electron chi connectivity index (χ2n) is 6.17. The van der Waals surface area contributed by atoms with Crippen LogP contribution in [-0.2, 0) is 9.59 Å². The molecule has 2 aliphatic rings. The fraction of sp³-hybridized carbons (Fsp3) is 0.667. The van der Waals surface area contributed by atoms with Crippen LogP contribution in [0.15, 0.2) is 18.7 Å². The monoisotopic (exact) mass is 291 g/mol. The van der Waals surface area contributed by atoms with E-state index in [1.807, 2.05) is 6.20 Å². The Labute approximate surface area is 123 Å². The molecule has 2 N–H and O–H groups in total. The van der Waals surface area contributed by atoms with Gasteiger partial charge in [-0.2, -0.15) is 0 Å². The number of hydrogen-bond acceptors (Lipinski definition) is 3. The number of carboxylic acid groups (broad SMARTS) is 1. The summed E-state index contributed by atoms with van der Waals surface area (Å²) in [6.45, 7) is 0. The van der Waals surface area contributed by atoms with Gasteiger partial charge < -0.3 is 15.0 Å². The Morgan fingerprint density at radius 3 is 2.67 bits per heavy atom. The van der Waals surface area contributed by atoms with E-state index < -0.39 is 5.97 Å². The predicted molar refractivity (Wildman–Crippen MR) is 75.5 cm³/mol. The van der Waals surface area contributed by atoms with Crippen molar-refractivity contribution in [2.45, 2.75) is 50.6 Å². The molecule has 4 unspecified atom stereocenters. The zero-order valence-corrected chi connectivity index (χ0v) is 11.9. The van der Waals surface area contributed by atoms with Gasteiger partial charge in [-0.1, -0.05) is 0 Å². The molecule has 1 amide bonds. The number of carboxylic acids is 1. The van der Waals surface area contributed by atoms with Crippen molar-refractivity contribution in [3.05, 3.63) is 18.7 Å². The third kappa shape index (κ3) is 2.94. The van der Waals surface area contributed by atoms with Crippen LogP contribution in [-0.4, -0.2) is 32.6 Å². The van der Waals surface area contributed by atoms with Crippen LogP contribution in [0, 0.1) is 11.8 Å². The minimum atomic E-state index is -0.776. The SMILES string of the molecule is O=C(O)C1CCC(C(=O)NC2CCCC2n2ccnc2)C1. The largest absolute Gasteiger partial charge is 0.481 e. The highest BCUT2D eigenvalue weighted by molar-refractivity contribution is 5.81. The Morgan fingerprint density at radius 1 is 1.19 bits per heavy atom. The first-order chi connectivity index (χ1) is 10.1. The maximum absolute atomic E-state index is 12.4. The minimum Gasteiger partial charge on any atom is -0.481 e. The van der Waals surface area contributed by atoms with Gasteiger partial charge in [-0.05, 0) is 38.5 Å². The van der Waals surface area contributed by atoms with Crippen molar-refractivity contribution in [3.8, 4) is 0 Å². The molecule has 2 fully saturated rings. The second-order valence-corrected chi connectivity index (χ2v) is 6.17. The number of nitrogens with one attached hydrogen (secondary N) is 1. The van der Waals surface area contributed by atoms with Crippen LogP contribution in [0.4, 0.5) is 0 Å². The first-order valence-electron chi connectivity index (χ1n) is 7.66. The third-order valence-electron chi connectivity index (χ3n) is 4.87. The van der Waals surface area contributed by atoms with Gasteiger partial charge in [0.05, 0.1) is 18.3 Å². The van der Waals surface area contributed by atoms with Crippen LogP contribution in [0.3, 0.4) is 0 Å². The van der Waals surface area contributed by atoms with E-state index in [9.17, 15) is 9.59 Å². The number of carbonyl (C=O) groups is 2. The predicted octanol–water partition coefficient (Wildman–Crippen LogP) is 1.59. The molecule has 6 heteroatoms. The van der Waals surface area contributed by atoms with Crippen molar-refractivity contribution < 1.29 is 14.7 Å². The number of carbonyl (C=O) groups excluding carboxylic acids is 1. The number of nitrogens with zero attached hydrogens (tertiary/aromatic N) is 2. The van der Waals surface area contributed by atoms with E-state index in [4.69, 9.17) is 5.11 Å². The van der Waals surface area contributed by atoms with E-state index in [0.29, 0.717) is 19.3 Å². The van der Waals surface area contributed by atoms with Crippen molar-refractivity contribution in [1.82, 2.24) is 14.9 Å². The van der Waals surface area contributed by atoms with Crippen LogP contribution in [0.5, 0.6) is 0 Å². The Morgan fingerprint density at radius 2 is 2.00 bits per heavy atom. The van der Waals surface area contributed by atoms with Crippen molar-refractivity contribution in [2.75, 3.05) is 0 Å². The van der Waals surface area contributed by atoms with Crippen molar-refractivity contribution in [2.24, 2.45) is 11.8 Å². The van der Waals surface area contributed by atoms with E-state index in [0.717, 1.165) is 19.3 Å². The van der Waals surface area contributed by atoms with Crippen LogP contribution < -0.4 is 5.32 Å². The van der Waals surface area contributed by atoms with Gasteiger partial charge in [0.1, 0.15) is 0 Å². The summed E-state index contributed by atoms with van der Waals surface area (Å²) in [6.07, 6.45) is 10.4. The molecule has 1 heterocycles. The summed E-state index contributed by atoms with van der Waals surface area (Å²) < 4.78 is 2.06. The molecule has 0 aromatic carbocycles. The van der Waals surface area contributed by atoms with Crippen molar-refractivity contribution >= 4 is 11.9 Å². The van der Waals surface area contributed by atoms with Crippen LogP contribution >= 0.6 is 0 Å². The van der Waals surface area contributed by atoms with Gasteiger partial charge in [-0.25, -0.2) is 4.98 Å². The van der Waals surface area contributed by atoms with Gasteiger partial charge in [-0.3, -0.25) is 9.59 Å². The molecule has 0 bridgehead atoms. The van der Waals surface area contributed by atoms with Crippen molar-refractivity contribution in [3.63, 3.8) is 0 Å². The highest BCUT2D eigenvalue weighted by atomic mass is 16.4. The fourth-order valence-corrected chi connectivity index (χ4v) is 3.68. The number of imidazole rings is 1. The topological polar surface area (TPSA) is 84.2 Å². The average Bonchev–Trinajstić information content (AvgIpc) is 3.19. The maximum Gasteiger partial charge on any atom is 0.306 e. The molecule has 4 atom stereocenters. The Balaban J connectivity index is 1.59. The molecule has 0 radical (unpaired) electrons. The summed E-state index contributed by atoms with van der Waals surface area (Å²) >= 11 is 0. The number of aromatic nitrogens is 2.